The van der Waals surface area contributed by atoms with Crippen molar-refractivity contribution in [2.24, 2.45) is 0 Å². The minimum atomic E-state index is -0.428. The summed E-state index contributed by atoms with van der Waals surface area (Å²) in [7, 11) is 0. The predicted molar refractivity (Wildman–Crippen MR) is 67.9 cm³/mol. The van der Waals surface area contributed by atoms with Gasteiger partial charge in [0.05, 0.1) is 13.2 Å². The first-order valence-electron chi connectivity index (χ1n) is 5.85. The molecule has 0 amide bonds. The smallest absolute Gasteiger partial charge is 0.360 e. The molecule has 1 aliphatic heterocycles. The molecule has 1 fully saturated rings. The molecule has 0 spiro atoms. The summed E-state index contributed by atoms with van der Waals surface area (Å²) < 4.78 is 9.97. The van der Waals surface area contributed by atoms with E-state index >= 15 is 0 Å². The first kappa shape index (κ1) is 14.9. The molecule has 7 heteroatoms. The van der Waals surface area contributed by atoms with Crippen LogP contribution in [0.1, 0.15) is 23.2 Å². The van der Waals surface area contributed by atoms with Crippen molar-refractivity contribution in [2.45, 2.75) is 13.5 Å². The van der Waals surface area contributed by atoms with Crippen LogP contribution in [0, 0.1) is 0 Å². The minimum absolute atomic E-state index is 0. The van der Waals surface area contributed by atoms with Crippen LogP contribution in [0.3, 0.4) is 0 Å². The Morgan fingerprint density at radius 1 is 1.56 bits per heavy atom. The molecule has 1 saturated heterocycles. The third kappa shape index (κ3) is 3.97. The molecule has 0 saturated carbocycles. The zero-order chi connectivity index (χ0) is 12.1. The second-order valence-corrected chi connectivity index (χ2v) is 3.93. The average Bonchev–Trinajstić information content (AvgIpc) is 2.79. The molecule has 0 radical (unpaired) electrons. The van der Waals surface area contributed by atoms with E-state index in [1.807, 2.05) is 0 Å². The minimum Gasteiger partial charge on any atom is -0.461 e. The molecule has 1 aromatic heterocycles. The number of esters is 1. The van der Waals surface area contributed by atoms with Crippen LogP contribution in [0.15, 0.2) is 10.6 Å². The van der Waals surface area contributed by atoms with Crippen molar-refractivity contribution in [1.82, 2.24) is 15.4 Å². The lowest BCUT2D eigenvalue weighted by molar-refractivity contribution is 0.0514. The molecule has 102 valence electrons. The Hall–Kier alpha value is -1.11. The van der Waals surface area contributed by atoms with Crippen LogP contribution in [0.25, 0.3) is 0 Å². The summed E-state index contributed by atoms with van der Waals surface area (Å²) in [4.78, 5) is 13.6. The quantitative estimate of drug-likeness (QED) is 0.815. The van der Waals surface area contributed by atoms with Crippen LogP contribution < -0.4 is 5.32 Å². The summed E-state index contributed by atoms with van der Waals surface area (Å²) in [5.74, 6) is 0.276. The summed E-state index contributed by atoms with van der Waals surface area (Å²) in [5.41, 5.74) is 0.247. The number of hydrogen-bond acceptors (Lipinski definition) is 6. The number of rotatable bonds is 4. The van der Waals surface area contributed by atoms with Crippen LogP contribution in [-0.4, -0.2) is 48.8 Å². The molecule has 2 heterocycles. The topological polar surface area (TPSA) is 67.6 Å². The van der Waals surface area contributed by atoms with E-state index in [1.54, 1.807) is 13.0 Å². The average molecular weight is 276 g/mol. The van der Waals surface area contributed by atoms with Crippen LogP contribution in [0.4, 0.5) is 0 Å². The molecule has 0 aromatic carbocycles. The number of aromatic nitrogens is 1. The van der Waals surface area contributed by atoms with Gasteiger partial charge in [0.1, 0.15) is 0 Å². The van der Waals surface area contributed by atoms with Crippen LogP contribution in [0.5, 0.6) is 0 Å². The van der Waals surface area contributed by atoms with Crippen molar-refractivity contribution in [3.8, 4) is 0 Å². The van der Waals surface area contributed by atoms with Crippen LogP contribution >= 0.6 is 12.4 Å². The van der Waals surface area contributed by atoms with Crippen molar-refractivity contribution in [3.63, 3.8) is 0 Å². The summed E-state index contributed by atoms with van der Waals surface area (Å²) in [5, 5.41) is 6.99. The zero-order valence-corrected chi connectivity index (χ0v) is 11.2. The molecule has 2 rings (SSSR count). The second kappa shape index (κ2) is 7.35. The van der Waals surface area contributed by atoms with E-state index in [4.69, 9.17) is 9.26 Å². The van der Waals surface area contributed by atoms with Gasteiger partial charge in [-0.3, -0.25) is 4.90 Å². The van der Waals surface area contributed by atoms with E-state index in [9.17, 15) is 4.79 Å². The molecule has 0 aliphatic carbocycles. The predicted octanol–water partition coefficient (Wildman–Crippen LogP) is 0.678. The maximum absolute atomic E-state index is 11.4. The van der Waals surface area contributed by atoms with Gasteiger partial charge in [0.15, 0.2) is 11.5 Å². The molecule has 1 aliphatic rings. The number of nitrogens with one attached hydrogen (secondary N) is 1. The van der Waals surface area contributed by atoms with Crippen molar-refractivity contribution < 1.29 is 14.1 Å². The lowest BCUT2D eigenvalue weighted by Crippen LogP contribution is -2.42. The Morgan fingerprint density at radius 3 is 2.94 bits per heavy atom. The molecule has 1 N–H and O–H groups in total. The van der Waals surface area contributed by atoms with Gasteiger partial charge in [-0.1, -0.05) is 5.16 Å². The number of carbonyl (C=O) groups excluding carboxylic acids is 1. The summed E-state index contributed by atoms with van der Waals surface area (Å²) in [6.07, 6.45) is 0. The van der Waals surface area contributed by atoms with Gasteiger partial charge in [-0.15, -0.1) is 12.4 Å². The number of nitrogens with zero attached hydrogens (tertiary/aromatic N) is 2. The summed E-state index contributed by atoms with van der Waals surface area (Å²) >= 11 is 0. The molecule has 0 unspecified atom stereocenters. The number of ether oxygens (including phenoxy) is 1. The highest BCUT2D eigenvalue weighted by Crippen LogP contribution is 2.09. The summed E-state index contributed by atoms with van der Waals surface area (Å²) in [6, 6.07) is 1.65. The van der Waals surface area contributed by atoms with E-state index < -0.39 is 5.97 Å². The fourth-order valence-electron chi connectivity index (χ4n) is 1.78. The van der Waals surface area contributed by atoms with Gasteiger partial charge < -0.3 is 14.6 Å². The van der Waals surface area contributed by atoms with Crippen molar-refractivity contribution in [1.29, 1.82) is 0 Å². The molecule has 0 bridgehead atoms. The number of halogens is 1. The summed E-state index contributed by atoms with van der Waals surface area (Å²) in [6.45, 7) is 6.73. The molecule has 0 atom stereocenters. The molecular weight excluding hydrogens is 258 g/mol. The number of hydrogen-bond donors (Lipinski definition) is 1. The molecule has 18 heavy (non-hydrogen) atoms. The molecular formula is C11H18ClN3O3. The Balaban J connectivity index is 0.00000162. The lowest BCUT2D eigenvalue weighted by Gasteiger charge is -2.25. The molecule has 6 nitrogen and oxygen atoms in total. The van der Waals surface area contributed by atoms with Crippen molar-refractivity contribution in [3.05, 3.63) is 17.5 Å². The monoisotopic (exact) mass is 275 g/mol. The van der Waals surface area contributed by atoms with E-state index in [0.29, 0.717) is 18.9 Å². The van der Waals surface area contributed by atoms with E-state index in [-0.39, 0.29) is 18.1 Å². The second-order valence-electron chi connectivity index (χ2n) is 3.93. The highest BCUT2D eigenvalue weighted by atomic mass is 35.5. The van der Waals surface area contributed by atoms with Gasteiger partial charge >= 0.3 is 5.97 Å². The van der Waals surface area contributed by atoms with Gasteiger partial charge in [0, 0.05) is 32.2 Å². The first-order valence-corrected chi connectivity index (χ1v) is 5.85. The van der Waals surface area contributed by atoms with Gasteiger partial charge in [-0.2, -0.15) is 0 Å². The van der Waals surface area contributed by atoms with Gasteiger partial charge in [0.2, 0.25) is 0 Å². The lowest BCUT2D eigenvalue weighted by atomic mass is 10.3. The fraction of sp³-hybridized carbons (Fsp3) is 0.636. The zero-order valence-electron chi connectivity index (χ0n) is 10.3. The molecule has 1 aromatic rings. The van der Waals surface area contributed by atoms with E-state index in [2.05, 4.69) is 15.4 Å². The third-order valence-corrected chi connectivity index (χ3v) is 2.63. The highest BCUT2D eigenvalue weighted by Gasteiger charge is 2.16. The van der Waals surface area contributed by atoms with Crippen molar-refractivity contribution in [2.75, 3.05) is 32.8 Å². The first-order chi connectivity index (χ1) is 8.29. The Morgan fingerprint density at radius 2 is 2.28 bits per heavy atom. The van der Waals surface area contributed by atoms with Gasteiger partial charge in [-0.25, -0.2) is 4.79 Å². The Bertz CT molecular complexity index is 377. The number of piperazine rings is 1. The highest BCUT2D eigenvalue weighted by molar-refractivity contribution is 5.87. The third-order valence-electron chi connectivity index (χ3n) is 2.63. The standard InChI is InChI=1S/C11H17N3O3.ClH/c1-2-16-11(15)10-7-9(17-13-10)8-14-5-3-12-4-6-14;/h7,12H,2-6,8H2,1H3;1H. The van der Waals surface area contributed by atoms with Crippen molar-refractivity contribution >= 4 is 18.4 Å². The SMILES string of the molecule is CCOC(=O)c1cc(CN2CCNCC2)on1.Cl. The van der Waals surface area contributed by atoms with Crippen LogP contribution in [0.2, 0.25) is 0 Å². The van der Waals surface area contributed by atoms with Gasteiger partial charge in [0.25, 0.3) is 0 Å². The van der Waals surface area contributed by atoms with Gasteiger partial charge in [-0.05, 0) is 6.92 Å². The Labute approximate surface area is 112 Å². The normalized spacial score (nSPS) is 16.1. The maximum Gasteiger partial charge on any atom is 0.360 e. The van der Waals surface area contributed by atoms with E-state index in [1.165, 1.54) is 0 Å². The number of carbonyl (C=O) groups is 1. The maximum atomic E-state index is 11.4. The fourth-order valence-corrected chi connectivity index (χ4v) is 1.78. The largest absolute Gasteiger partial charge is 0.461 e. The van der Waals surface area contributed by atoms with E-state index in [0.717, 1.165) is 26.2 Å². The van der Waals surface area contributed by atoms with Crippen LogP contribution in [-0.2, 0) is 11.3 Å². The Kier molecular flexibility index (Phi) is 6.11.